The summed E-state index contributed by atoms with van der Waals surface area (Å²) < 4.78 is 0. The molecular formula is C22H41N. The van der Waals surface area contributed by atoms with Crippen LogP contribution in [0.4, 0.5) is 0 Å². The molecule has 0 aliphatic rings. The molecule has 0 amide bonds. The third kappa shape index (κ3) is 9.21. The summed E-state index contributed by atoms with van der Waals surface area (Å²) in [5, 5.41) is 0. The van der Waals surface area contributed by atoms with Crippen LogP contribution in [-0.4, -0.2) is 25.0 Å². The Morgan fingerprint density at radius 3 is 2.35 bits per heavy atom. The lowest BCUT2D eigenvalue weighted by Gasteiger charge is -2.35. The second-order valence-corrected chi connectivity index (χ2v) is 7.26. The van der Waals surface area contributed by atoms with E-state index in [1.165, 1.54) is 32.1 Å². The van der Waals surface area contributed by atoms with Gasteiger partial charge in [-0.3, -0.25) is 4.90 Å². The predicted molar refractivity (Wildman–Crippen MR) is 106 cm³/mol. The Morgan fingerprint density at radius 1 is 1.13 bits per heavy atom. The zero-order valence-electron chi connectivity index (χ0n) is 16.6. The quantitative estimate of drug-likeness (QED) is 0.297. The van der Waals surface area contributed by atoms with Gasteiger partial charge in [-0.25, -0.2) is 0 Å². The van der Waals surface area contributed by atoms with Gasteiger partial charge in [0.15, 0.2) is 0 Å². The fourth-order valence-electron chi connectivity index (χ4n) is 3.64. The van der Waals surface area contributed by atoms with Crippen LogP contribution in [0.1, 0.15) is 73.1 Å². The van der Waals surface area contributed by atoms with E-state index in [4.69, 9.17) is 6.42 Å². The van der Waals surface area contributed by atoms with Crippen molar-refractivity contribution in [2.24, 2.45) is 23.7 Å². The molecule has 0 aromatic carbocycles. The molecular weight excluding hydrogens is 278 g/mol. The van der Waals surface area contributed by atoms with Crippen molar-refractivity contribution in [1.29, 1.82) is 0 Å². The Bertz CT molecular complexity index is 338. The highest BCUT2D eigenvalue weighted by Gasteiger charge is 2.27. The third-order valence-corrected chi connectivity index (χ3v) is 5.44. The first-order valence-electron chi connectivity index (χ1n) is 9.80. The molecule has 0 saturated heterocycles. The summed E-state index contributed by atoms with van der Waals surface area (Å²) in [5.74, 6) is 5.80. The van der Waals surface area contributed by atoms with Gasteiger partial charge in [-0.15, -0.1) is 6.42 Å². The van der Waals surface area contributed by atoms with Crippen LogP contribution in [0.2, 0.25) is 0 Å². The van der Waals surface area contributed by atoms with Crippen molar-refractivity contribution < 1.29 is 0 Å². The lowest BCUT2D eigenvalue weighted by Crippen LogP contribution is -2.30. The van der Waals surface area contributed by atoms with Gasteiger partial charge in [0.1, 0.15) is 0 Å². The molecule has 0 aromatic heterocycles. The molecule has 0 bridgehead atoms. The summed E-state index contributed by atoms with van der Waals surface area (Å²) in [6, 6.07) is 0. The zero-order chi connectivity index (χ0) is 17.7. The highest BCUT2D eigenvalue weighted by Crippen LogP contribution is 2.35. The second kappa shape index (κ2) is 13.7. The normalized spacial score (nSPS) is 17.1. The minimum Gasteiger partial charge on any atom is -0.295 e. The zero-order valence-corrected chi connectivity index (χ0v) is 16.6. The van der Waals surface area contributed by atoms with E-state index in [-0.39, 0.29) is 0 Å². The van der Waals surface area contributed by atoms with E-state index in [0.29, 0.717) is 5.92 Å². The summed E-state index contributed by atoms with van der Waals surface area (Å²) >= 11 is 0. The van der Waals surface area contributed by atoms with Crippen LogP contribution in [0.5, 0.6) is 0 Å². The summed E-state index contributed by atoms with van der Waals surface area (Å²) in [4.78, 5) is 2.29. The van der Waals surface area contributed by atoms with E-state index >= 15 is 0 Å². The second-order valence-electron chi connectivity index (χ2n) is 7.26. The van der Waals surface area contributed by atoms with Crippen LogP contribution >= 0.6 is 0 Å². The molecule has 1 nitrogen and oxygen atoms in total. The van der Waals surface area contributed by atoms with Crippen molar-refractivity contribution in [2.75, 3.05) is 20.1 Å². The van der Waals surface area contributed by atoms with Crippen LogP contribution in [0.15, 0.2) is 12.2 Å². The third-order valence-electron chi connectivity index (χ3n) is 5.44. The molecule has 2 unspecified atom stereocenters. The average Bonchev–Trinajstić information content (AvgIpc) is 2.55. The van der Waals surface area contributed by atoms with Crippen LogP contribution in [0.3, 0.4) is 0 Å². The maximum atomic E-state index is 5.45. The molecule has 0 fully saturated rings. The average molecular weight is 320 g/mol. The Morgan fingerprint density at radius 2 is 1.83 bits per heavy atom. The van der Waals surface area contributed by atoms with E-state index in [0.717, 1.165) is 37.3 Å². The number of terminal acetylenes is 1. The van der Waals surface area contributed by atoms with Gasteiger partial charge in [-0.1, -0.05) is 78.4 Å². The molecule has 4 atom stereocenters. The van der Waals surface area contributed by atoms with E-state index < -0.39 is 0 Å². The SMILES string of the molecule is C#CCN(C)CCC(C(C)[C@@H](C)/C=C/CC)[C@H](CC)CCCC. The molecule has 1 heteroatoms. The van der Waals surface area contributed by atoms with E-state index in [1.54, 1.807) is 0 Å². The number of hydrogen-bond donors (Lipinski definition) is 0. The fraction of sp³-hybridized carbons (Fsp3) is 0.818. The van der Waals surface area contributed by atoms with Crippen molar-refractivity contribution >= 4 is 0 Å². The number of hydrogen-bond acceptors (Lipinski definition) is 1. The van der Waals surface area contributed by atoms with Crippen molar-refractivity contribution in [3.8, 4) is 12.3 Å². The van der Waals surface area contributed by atoms with Gasteiger partial charge in [0.05, 0.1) is 6.54 Å². The van der Waals surface area contributed by atoms with Gasteiger partial charge < -0.3 is 0 Å². The minimum absolute atomic E-state index is 0.661. The maximum Gasteiger partial charge on any atom is 0.0596 e. The van der Waals surface area contributed by atoms with E-state index in [2.05, 4.69) is 64.6 Å². The number of rotatable bonds is 13. The molecule has 134 valence electrons. The Labute approximate surface area is 146 Å². The van der Waals surface area contributed by atoms with Crippen LogP contribution in [0.25, 0.3) is 0 Å². The van der Waals surface area contributed by atoms with Gasteiger partial charge in [0.2, 0.25) is 0 Å². The summed E-state index contributed by atoms with van der Waals surface area (Å²) in [5.41, 5.74) is 0. The lowest BCUT2D eigenvalue weighted by molar-refractivity contribution is 0.159. The molecule has 0 aromatic rings. The highest BCUT2D eigenvalue weighted by molar-refractivity contribution is 4.92. The lowest BCUT2D eigenvalue weighted by atomic mass is 9.72. The topological polar surface area (TPSA) is 3.24 Å². The molecule has 23 heavy (non-hydrogen) atoms. The molecule has 0 spiro atoms. The monoisotopic (exact) mass is 319 g/mol. The number of unbranched alkanes of at least 4 members (excludes halogenated alkanes) is 1. The highest BCUT2D eigenvalue weighted by atomic mass is 15.1. The standard InChI is InChI=1S/C22H41N/c1-8-12-14-19(5)20(6)22(16-18-23(7)17-10-3)21(11-4)15-13-9-2/h3,12,14,19-22H,8-9,11,13,15-18H2,1-2,4-7H3/b14-12+/t19-,20?,21+,22?/m0/s1. The summed E-state index contributed by atoms with van der Waals surface area (Å²) in [6.45, 7) is 13.6. The molecule has 0 N–H and O–H groups in total. The van der Waals surface area contributed by atoms with Gasteiger partial charge in [-0.2, -0.15) is 0 Å². The van der Waals surface area contributed by atoms with Gasteiger partial charge >= 0.3 is 0 Å². The first-order chi connectivity index (χ1) is 11.0. The van der Waals surface area contributed by atoms with E-state index in [9.17, 15) is 0 Å². The van der Waals surface area contributed by atoms with Crippen molar-refractivity contribution in [3.05, 3.63) is 12.2 Å². The van der Waals surface area contributed by atoms with Crippen LogP contribution < -0.4 is 0 Å². The van der Waals surface area contributed by atoms with Crippen molar-refractivity contribution in [2.45, 2.75) is 73.1 Å². The van der Waals surface area contributed by atoms with Gasteiger partial charge in [-0.05, 0) is 50.1 Å². The smallest absolute Gasteiger partial charge is 0.0596 e. The molecule has 0 radical (unpaired) electrons. The molecule has 0 aliphatic carbocycles. The largest absolute Gasteiger partial charge is 0.295 e. The Balaban J connectivity index is 4.94. The maximum absolute atomic E-state index is 5.45. The number of nitrogens with zero attached hydrogens (tertiary/aromatic N) is 1. The molecule has 0 heterocycles. The van der Waals surface area contributed by atoms with E-state index in [1.807, 2.05) is 0 Å². The molecule has 0 aliphatic heterocycles. The van der Waals surface area contributed by atoms with Crippen molar-refractivity contribution in [1.82, 2.24) is 4.90 Å². The summed E-state index contributed by atoms with van der Waals surface area (Å²) in [7, 11) is 2.15. The first-order valence-corrected chi connectivity index (χ1v) is 9.80. The molecule has 0 rings (SSSR count). The Hall–Kier alpha value is -0.740. The van der Waals surface area contributed by atoms with Crippen molar-refractivity contribution in [3.63, 3.8) is 0 Å². The fourth-order valence-corrected chi connectivity index (χ4v) is 3.64. The predicted octanol–water partition coefficient (Wildman–Crippen LogP) is 6.01. The van der Waals surface area contributed by atoms with Crippen LogP contribution in [-0.2, 0) is 0 Å². The van der Waals surface area contributed by atoms with Gasteiger partial charge in [0, 0.05) is 0 Å². The first kappa shape index (κ1) is 22.3. The van der Waals surface area contributed by atoms with Crippen LogP contribution in [0, 0.1) is 36.0 Å². The van der Waals surface area contributed by atoms with Gasteiger partial charge in [0.25, 0.3) is 0 Å². The molecule has 0 saturated carbocycles. The summed E-state index contributed by atoms with van der Waals surface area (Å²) in [6.07, 6.45) is 18.0. The number of allylic oxidation sites excluding steroid dienone is 2. The minimum atomic E-state index is 0.661. The Kier molecular flexibility index (Phi) is 13.2.